The summed E-state index contributed by atoms with van der Waals surface area (Å²) in [7, 11) is 0. The Morgan fingerprint density at radius 3 is 1.29 bits per heavy atom. The van der Waals surface area contributed by atoms with Gasteiger partial charge in [-0.1, -0.05) is 48.5 Å². The van der Waals surface area contributed by atoms with Crippen LogP contribution in [-0.4, -0.2) is 32.9 Å². The van der Waals surface area contributed by atoms with E-state index in [1.54, 1.807) is 97.4 Å². The first kappa shape index (κ1) is 25.5. The van der Waals surface area contributed by atoms with E-state index in [0.29, 0.717) is 22.3 Å². The fraction of sp³-hybridized carbons (Fsp3) is 0.0714. The summed E-state index contributed by atoms with van der Waals surface area (Å²) in [4.78, 5) is 9.51. The Kier molecular flexibility index (Phi) is 8.67. The van der Waals surface area contributed by atoms with E-state index in [4.69, 9.17) is 9.98 Å². The molecular weight excluding hydrogens is 487 g/mol. The van der Waals surface area contributed by atoms with Crippen molar-refractivity contribution in [3.8, 4) is 23.0 Å². The number of benzene rings is 4. The molecule has 0 aliphatic carbocycles. The minimum atomic E-state index is -0.615. The number of hydrogen-bond acceptors (Lipinski definition) is 6. The molecule has 0 spiro atoms. The molecular formula is C28H24CoN2O4. The molecule has 0 amide bonds. The molecule has 0 fully saturated rings. The fourth-order valence-electron chi connectivity index (χ4n) is 3.63. The first-order valence-corrected chi connectivity index (χ1v) is 10.7. The summed E-state index contributed by atoms with van der Waals surface area (Å²) in [5.74, 6) is 0.347. The largest absolute Gasteiger partial charge is 0.508 e. The number of nitrogens with zero attached hydrogens (tertiary/aromatic N) is 2. The zero-order valence-corrected chi connectivity index (χ0v) is 19.6. The van der Waals surface area contributed by atoms with Crippen LogP contribution in [0.1, 0.15) is 34.3 Å². The molecule has 35 heavy (non-hydrogen) atoms. The number of aromatic hydroxyl groups is 4. The van der Waals surface area contributed by atoms with Crippen molar-refractivity contribution < 1.29 is 37.2 Å². The van der Waals surface area contributed by atoms with E-state index in [-0.39, 0.29) is 39.8 Å². The van der Waals surface area contributed by atoms with Gasteiger partial charge in [0.15, 0.2) is 0 Å². The molecule has 0 bridgehead atoms. The smallest absolute Gasteiger partial charge is 0.124 e. The Morgan fingerprint density at radius 1 is 0.514 bits per heavy atom. The van der Waals surface area contributed by atoms with Crippen LogP contribution in [0.15, 0.2) is 107 Å². The molecule has 0 saturated heterocycles. The number of hydrogen-bond donors (Lipinski definition) is 4. The van der Waals surface area contributed by atoms with Crippen molar-refractivity contribution >= 4 is 12.4 Å². The Hall–Kier alpha value is -4.07. The molecule has 0 aliphatic heterocycles. The summed E-state index contributed by atoms with van der Waals surface area (Å²) in [5.41, 5.74) is 2.45. The van der Waals surface area contributed by atoms with Crippen molar-refractivity contribution in [3.63, 3.8) is 0 Å². The third-order valence-electron chi connectivity index (χ3n) is 5.34. The molecule has 7 heteroatoms. The molecule has 4 aromatic rings. The maximum absolute atomic E-state index is 10.2. The van der Waals surface area contributed by atoms with Crippen LogP contribution >= 0.6 is 0 Å². The number of phenolic OH excluding ortho intramolecular Hbond substituents is 4. The van der Waals surface area contributed by atoms with Crippen LogP contribution in [0.4, 0.5) is 0 Å². The summed E-state index contributed by atoms with van der Waals surface area (Å²) in [6.07, 6.45) is 3.13. The monoisotopic (exact) mass is 511 g/mol. The zero-order valence-electron chi connectivity index (χ0n) is 18.6. The van der Waals surface area contributed by atoms with E-state index in [9.17, 15) is 20.4 Å². The van der Waals surface area contributed by atoms with E-state index >= 15 is 0 Å². The van der Waals surface area contributed by atoms with Crippen molar-refractivity contribution in [2.75, 3.05) is 0 Å². The topological polar surface area (TPSA) is 106 Å². The zero-order chi connectivity index (χ0) is 23.9. The molecule has 0 heterocycles. The van der Waals surface area contributed by atoms with Crippen molar-refractivity contribution in [1.82, 2.24) is 0 Å². The quantitative estimate of drug-likeness (QED) is 0.245. The Morgan fingerprint density at radius 2 is 0.914 bits per heavy atom. The number of rotatable bonds is 7. The van der Waals surface area contributed by atoms with Gasteiger partial charge in [0.2, 0.25) is 0 Å². The molecule has 179 valence electrons. The van der Waals surface area contributed by atoms with Gasteiger partial charge in [0.1, 0.15) is 35.1 Å². The number of aliphatic imine (C=N–C) groups is 2. The van der Waals surface area contributed by atoms with Crippen LogP contribution in [0.25, 0.3) is 0 Å². The minimum Gasteiger partial charge on any atom is -0.508 e. The maximum atomic E-state index is 10.2. The van der Waals surface area contributed by atoms with E-state index in [1.165, 1.54) is 0 Å². The molecule has 4 N–H and O–H groups in total. The summed E-state index contributed by atoms with van der Waals surface area (Å²) in [5, 5.41) is 40.6. The molecule has 4 rings (SSSR count). The average molecular weight is 511 g/mol. The molecule has 4 aromatic carbocycles. The third kappa shape index (κ3) is 6.50. The van der Waals surface area contributed by atoms with Gasteiger partial charge in [0, 0.05) is 40.3 Å². The fourth-order valence-corrected chi connectivity index (χ4v) is 3.63. The molecule has 0 aliphatic rings. The van der Waals surface area contributed by atoms with E-state index in [1.807, 2.05) is 12.1 Å². The molecule has 1 radical (unpaired) electrons. The summed E-state index contributed by atoms with van der Waals surface area (Å²) in [6.45, 7) is 0. The molecule has 0 aromatic heterocycles. The third-order valence-corrected chi connectivity index (χ3v) is 5.34. The second-order valence-corrected chi connectivity index (χ2v) is 7.75. The molecule has 0 saturated carbocycles. The van der Waals surface area contributed by atoms with E-state index in [2.05, 4.69) is 0 Å². The van der Waals surface area contributed by atoms with E-state index < -0.39 is 12.1 Å². The number of phenols is 4. The first-order chi connectivity index (χ1) is 16.5. The van der Waals surface area contributed by atoms with Crippen LogP contribution in [0.2, 0.25) is 0 Å². The van der Waals surface area contributed by atoms with Gasteiger partial charge in [-0.15, -0.1) is 0 Å². The second kappa shape index (κ2) is 11.9. The van der Waals surface area contributed by atoms with Crippen molar-refractivity contribution in [2.45, 2.75) is 12.1 Å². The molecule has 0 unspecified atom stereocenters. The van der Waals surface area contributed by atoms with Gasteiger partial charge in [-0.05, 0) is 59.7 Å². The van der Waals surface area contributed by atoms with Gasteiger partial charge in [0.25, 0.3) is 0 Å². The SMILES string of the molecule is Oc1cccc([C@@H](N=Cc2ccccc2O)[C@@H](N=Cc2ccccc2O)c2cccc(O)c2)c1.[Co]. The summed E-state index contributed by atoms with van der Waals surface area (Å²) < 4.78 is 0. The maximum Gasteiger partial charge on any atom is 0.124 e. The van der Waals surface area contributed by atoms with Crippen LogP contribution in [0.3, 0.4) is 0 Å². The minimum absolute atomic E-state index is 0. The summed E-state index contributed by atoms with van der Waals surface area (Å²) >= 11 is 0. The van der Waals surface area contributed by atoms with Gasteiger partial charge < -0.3 is 20.4 Å². The van der Waals surface area contributed by atoms with Crippen LogP contribution in [-0.2, 0) is 16.8 Å². The Balaban J connectivity index is 0.00000342. The standard InChI is InChI=1S/C28H24N2O4.Co/c31-23-11-5-9-19(15-23)27(29-17-21-7-1-3-13-25(21)33)28(20-10-6-12-24(32)16-20)30-18-22-8-2-4-14-26(22)34;/h1-18,27-28,31-34H;/t27-,28+;. The van der Waals surface area contributed by atoms with Gasteiger partial charge in [-0.25, -0.2) is 0 Å². The summed E-state index contributed by atoms with van der Waals surface area (Å²) in [6, 6.07) is 25.9. The van der Waals surface area contributed by atoms with Crippen LogP contribution in [0.5, 0.6) is 23.0 Å². The molecule has 2 atom stereocenters. The van der Waals surface area contributed by atoms with Crippen LogP contribution in [0, 0.1) is 0 Å². The van der Waals surface area contributed by atoms with Gasteiger partial charge in [-0.2, -0.15) is 0 Å². The van der Waals surface area contributed by atoms with Gasteiger partial charge in [-0.3, -0.25) is 9.98 Å². The predicted molar refractivity (Wildman–Crippen MR) is 133 cm³/mol. The number of para-hydroxylation sites is 2. The first-order valence-electron chi connectivity index (χ1n) is 10.7. The Bertz CT molecular complexity index is 1240. The average Bonchev–Trinajstić information content (AvgIpc) is 2.83. The second-order valence-electron chi connectivity index (χ2n) is 7.75. The van der Waals surface area contributed by atoms with Gasteiger partial charge >= 0.3 is 0 Å². The Labute approximate surface area is 213 Å². The van der Waals surface area contributed by atoms with Crippen molar-refractivity contribution in [3.05, 3.63) is 119 Å². The van der Waals surface area contributed by atoms with Crippen LogP contribution < -0.4 is 0 Å². The normalized spacial score (nSPS) is 12.9. The van der Waals surface area contributed by atoms with Crippen molar-refractivity contribution in [2.24, 2.45) is 9.98 Å². The molecule has 6 nitrogen and oxygen atoms in total. The van der Waals surface area contributed by atoms with Gasteiger partial charge in [0.05, 0.1) is 0 Å². The van der Waals surface area contributed by atoms with E-state index in [0.717, 1.165) is 0 Å². The van der Waals surface area contributed by atoms with Crippen molar-refractivity contribution in [1.29, 1.82) is 0 Å². The predicted octanol–water partition coefficient (Wildman–Crippen LogP) is 5.53.